The SMILES string of the molecule is Cc1ccoc1C(=O)Nc1cccc(C#Cc2cncc(C(=O)N=S(CCCO[Si](C)(C)C(C)(C)C)c3ccccc3O)c2)c1. The van der Waals surface area contributed by atoms with E-state index in [0.29, 0.717) is 46.1 Å². The van der Waals surface area contributed by atoms with Gasteiger partial charge in [0.15, 0.2) is 14.1 Å². The van der Waals surface area contributed by atoms with Gasteiger partial charge in [-0.2, -0.15) is 4.36 Å². The zero-order valence-electron chi connectivity index (χ0n) is 26.5. The first-order valence-electron chi connectivity index (χ1n) is 14.7. The molecule has 0 fully saturated rings. The topological polar surface area (TPSA) is 114 Å². The number of hydrogen-bond acceptors (Lipinski definition) is 6. The molecule has 2 amide bonds. The molecular formula is C35H39N3O5SSi. The maximum absolute atomic E-state index is 13.4. The molecule has 45 heavy (non-hydrogen) atoms. The molecule has 0 aliphatic heterocycles. The third-order valence-corrected chi connectivity index (χ3v) is 14.0. The lowest BCUT2D eigenvalue weighted by Crippen LogP contribution is -2.41. The average molecular weight is 642 g/mol. The van der Waals surface area contributed by atoms with Crippen LogP contribution in [0.25, 0.3) is 0 Å². The van der Waals surface area contributed by atoms with Crippen molar-refractivity contribution in [2.24, 2.45) is 4.36 Å². The summed E-state index contributed by atoms with van der Waals surface area (Å²) in [4.78, 5) is 30.7. The number of carbonyl (C=O) groups is 2. The third kappa shape index (κ3) is 9.11. The number of phenolic OH excluding ortho intramolecular Hbond substituents is 1. The van der Waals surface area contributed by atoms with E-state index in [2.05, 4.69) is 60.4 Å². The molecule has 0 aliphatic carbocycles. The second-order valence-electron chi connectivity index (χ2n) is 12.1. The highest BCUT2D eigenvalue weighted by atomic mass is 32.2. The molecule has 1 atom stereocenters. The van der Waals surface area contributed by atoms with E-state index in [4.69, 9.17) is 8.84 Å². The smallest absolute Gasteiger partial charge is 0.291 e. The number of amides is 2. The van der Waals surface area contributed by atoms with Crippen LogP contribution in [0.3, 0.4) is 0 Å². The number of furan rings is 1. The van der Waals surface area contributed by atoms with Gasteiger partial charge in [-0.05, 0) is 73.9 Å². The summed E-state index contributed by atoms with van der Waals surface area (Å²) in [7, 11) is -2.79. The summed E-state index contributed by atoms with van der Waals surface area (Å²) >= 11 is 0. The number of pyridine rings is 1. The van der Waals surface area contributed by atoms with E-state index in [1.54, 1.807) is 61.7 Å². The van der Waals surface area contributed by atoms with Crippen molar-refractivity contribution in [2.75, 3.05) is 17.7 Å². The van der Waals surface area contributed by atoms with Gasteiger partial charge in [0, 0.05) is 47.1 Å². The van der Waals surface area contributed by atoms with E-state index < -0.39 is 24.9 Å². The lowest BCUT2D eigenvalue weighted by molar-refractivity contribution is 0.0991. The number of hydrogen-bond donors (Lipinski definition) is 2. The molecule has 0 aliphatic rings. The van der Waals surface area contributed by atoms with Gasteiger partial charge < -0.3 is 19.3 Å². The number of rotatable bonds is 9. The van der Waals surface area contributed by atoms with E-state index in [1.807, 2.05) is 12.1 Å². The van der Waals surface area contributed by atoms with Gasteiger partial charge in [-0.3, -0.25) is 14.6 Å². The third-order valence-electron chi connectivity index (χ3n) is 7.59. The fourth-order valence-electron chi connectivity index (χ4n) is 3.99. The summed E-state index contributed by atoms with van der Waals surface area (Å²) in [6.07, 6.45) is 5.22. The zero-order chi connectivity index (χ0) is 32.6. The highest BCUT2D eigenvalue weighted by molar-refractivity contribution is 7.87. The Bertz CT molecular complexity index is 1780. The molecule has 10 heteroatoms. The molecule has 0 spiro atoms. The highest BCUT2D eigenvalue weighted by Gasteiger charge is 2.36. The molecule has 2 heterocycles. The van der Waals surface area contributed by atoms with Crippen molar-refractivity contribution in [2.45, 2.75) is 57.1 Å². The molecule has 4 rings (SSSR count). The van der Waals surface area contributed by atoms with Gasteiger partial charge in [-0.25, -0.2) is 0 Å². The summed E-state index contributed by atoms with van der Waals surface area (Å²) in [6, 6.07) is 17.5. The minimum atomic E-state index is -1.90. The second kappa shape index (κ2) is 14.7. The van der Waals surface area contributed by atoms with Crippen LogP contribution in [0.1, 0.15) is 64.8 Å². The number of nitrogens with one attached hydrogen (secondary N) is 1. The van der Waals surface area contributed by atoms with Crippen molar-refractivity contribution in [3.05, 3.63) is 107 Å². The molecule has 4 aromatic rings. The number of nitrogens with zero attached hydrogens (tertiary/aromatic N) is 2. The Kier molecular flexibility index (Phi) is 10.9. The van der Waals surface area contributed by atoms with Crippen molar-refractivity contribution in [1.29, 1.82) is 0 Å². The first-order chi connectivity index (χ1) is 21.3. The lowest BCUT2D eigenvalue weighted by Gasteiger charge is -2.36. The number of aromatic hydroxyl groups is 1. The fraction of sp³-hybridized carbons (Fsp3) is 0.286. The summed E-state index contributed by atoms with van der Waals surface area (Å²) in [5, 5.41) is 13.5. The maximum atomic E-state index is 13.4. The Morgan fingerprint density at radius 3 is 2.51 bits per heavy atom. The quantitative estimate of drug-likeness (QED) is 0.110. The number of aryl methyl sites for hydroxylation is 1. The predicted octanol–water partition coefficient (Wildman–Crippen LogP) is 7.75. The van der Waals surface area contributed by atoms with Crippen LogP contribution >= 0.6 is 0 Å². The summed E-state index contributed by atoms with van der Waals surface area (Å²) in [5.74, 6) is 6.28. The molecule has 2 aromatic heterocycles. The summed E-state index contributed by atoms with van der Waals surface area (Å²) in [5.41, 5.74) is 2.85. The van der Waals surface area contributed by atoms with Gasteiger partial charge in [0.2, 0.25) is 0 Å². The van der Waals surface area contributed by atoms with Gasteiger partial charge >= 0.3 is 0 Å². The van der Waals surface area contributed by atoms with E-state index in [-0.39, 0.29) is 22.5 Å². The van der Waals surface area contributed by atoms with Crippen LogP contribution in [-0.4, -0.2) is 42.6 Å². The van der Waals surface area contributed by atoms with Gasteiger partial charge in [-0.1, -0.05) is 61.5 Å². The van der Waals surface area contributed by atoms with Crippen LogP contribution < -0.4 is 5.32 Å². The Hall–Kier alpha value is -4.30. The van der Waals surface area contributed by atoms with Crippen LogP contribution in [0, 0.1) is 18.8 Å². The first kappa shape index (κ1) is 33.6. The standard InChI is InChI=1S/C35H39N3O5SSi/c1-25-17-19-42-32(25)34(41)37-29-12-9-11-26(22-29)15-16-27-21-28(24-36-23-27)33(40)38-44(31-14-8-7-13-30(31)39)20-10-18-43-45(5,6)35(2,3)4/h7-9,11-14,17,19,21-24,39H,10,18,20H2,1-6H3,(H,37,41). The molecule has 8 nitrogen and oxygen atoms in total. The maximum Gasteiger partial charge on any atom is 0.291 e. The van der Waals surface area contributed by atoms with E-state index >= 15 is 0 Å². The Morgan fingerprint density at radius 1 is 1.04 bits per heavy atom. The second-order valence-corrected chi connectivity index (χ2v) is 18.6. The number of para-hydroxylation sites is 1. The van der Waals surface area contributed by atoms with Crippen molar-refractivity contribution in [3.8, 4) is 17.6 Å². The molecule has 234 valence electrons. The van der Waals surface area contributed by atoms with Gasteiger partial charge in [0.05, 0.1) is 16.7 Å². The van der Waals surface area contributed by atoms with Gasteiger partial charge in [0.1, 0.15) is 5.75 Å². The largest absolute Gasteiger partial charge is 0.507 e. The van der Waals surface area contributed by atoms with Crippen molar-refractivity contribution in [1.82, 2.24) is 4.98 Å². The lowest BCUT2D eigenvalue weighted by atomic mass is 10.1. The average Bonchev–Trinajstić information content (AvgIpc) is 3.43. The zero-order valence-corrected chi connectivity index (χ0v) is 28.3. The molecule has 2 aromatic carbocycles. The van der Waals surface area contributed by atoms with Gasteiger partial charge in [0.25, 0.3) is 11.8 Å². The van der Waals surface area contributed by atoms with Crippen molar-refractivity contribution >= 4 is 36.5 Å². The minimum Gasteiger partial charge on any atom is -0.507 e. The summed E-state index contributed by atoms with van der Waals surface area (Å²) in [6.45, 7) is 13.4. The van der Waals surface area contributed by atoms with Gasteiger partial charge in [-0.15, -0.1) is 0 Å². The number of phenols is 1. The number of anilines is 1. The molecular weight excluding hydrogens is 603 g/mol. The first-order valence-corrected chi connectivity index (χ1v) is 18.9. The van der Waals surface area contributed by atoms with Crippen LogP contribution in [0.15, 0.2) is 93.0 Å². The number of carbonyl (C=O) groups excluding carboxylic acids is 2. The Labute approximate surface area is 268 Å². The normalized spacial score (nSPS) is 12.3. The molecule has 0 saturated carbocycles. The van der Waals surface area contributed by atoms with Crippen LogP contribution in [0.4, 0.5) is 5.69 Å². The van der Waals surface area contributed by atoms with Crippen molar-refractivity contribution in [3.63, 3.8) is 0 Å². The Balaban J connectivity index is 1.50. The molecule has 2 N–H and O–H groups in total. The minimum absolute atomic E-state index is 0.103. The molecule has 1 unspecified atom stereocenters. The van der Waals surface area contributed by atoms with Crippen LogP contribution in [0.2, 0.25) is 18.1 Å². The molecule has 0 bridgehead atoms. The Morgan fingerprint density at radius 2 is 1.80 bits per heavy atom. The number of benzene rings is 2. The van der Waals surface area contributed by atoms with E-state index in [9.17, 15) is 14.7 Å². The highest BCUT2D eigenvalue weighted by Crippen LogP contribution is 2.36. The van der Waals surface area contributed by atoms with E-state index in [1.165, 1.54) is 12.5 Å². The molecule has 0 saturated heterocycles. The van der Waals surface area contributed by atoms with Crippen LogP contribution in [0.5, 0.6) is 5.75 Å². The summed E-state index contributed by atoms with van der Waals surface area (Å²) < 4.78 is 16.1. The predicted molar refractivity (Wildman–Crippen MR) is 181 cm³/mol. The fourth-order valence-corrected chi connectivity index (χ4v) is 6.73. The van der Waals surface area contributed by atoms with Crippen molar-refractivity contribution < 1.29 is 23.5 Å². The molecule has 0 radical (unpaired) electrons. The van der Waals surface area contributed by atoms with Crippen LogP contribution in [-0.2, 0) is 15.1 Å². The van der Waals surface area contributed by atoms with E-state index in [0.717, 1.165) is 5.56 Å². The number of aromatic nitrogens is 1. The monoisotopic (exact) mass is 641 g/mol.